The smallest absolute Gasteiger partial charge is 0.156 e. The first-order valence-corrected chi connectivity index (χ1v) is 8.26. The van der Waals surface area contributed by atoms with Crippen molar-refractivity contribution in [2.24, 2.45) is 0 Å². The molecule has 2 heteroatoms. The molecule has 0 aromatic heterocycles. The summed E-state index contributed by atoms with van der Waals surface area (Å²) in [7, 11) is 1.67. The zero-order chi connectivity index (χ0) is 15.8. The minimum absolute atomic E-state index is 0.236. The standard InChI is InChI=1S/C20H26O2/c1-3-4-5-6-7-8-16-13-18(15-19(21)14-16)17-9-11-20(22-2)12-10-17/h7-12,14,18H,3-6,13,15H2,1-2H3/b8-7+/t18-/m1/s1. The van der Waals surface area contributed by atoms with Crippen molar-refractivity contribution in [3.05, 3.63) is 53.6 Å². The van der Waals surface area contributed by atoms with Crippen molar-refractivity contribution in [1.29, 1.82) is 0 Å². The molecule has 2 rings (SSSR count). The lowest BCUT2D eigenvalue weighted by molar-refractivity contribution is -0.115. The largest absolute Gasteiger partial charge is 0.497 e. The molecule has 1 aromatic carbocycles. The Morgan fingerprint density at radius 3 is 2.64 bits per heavy atom. The van der Waals surface area contributed by atoms with Crippen LogP contribution in [-0.4, -0.2) is 12.9 Å². The molecule has 118 valence electrons. The highest BCUT2D eigenvalue weighted by Gasteiger charge is 2.21. The van der Waals surface area contributed by atoms with Crippen molar-refractivity contribution in [2.45, 2.75) is 51.4 Å². The molecule has 0 radical (unpaired) electrons. The first kappa shape index (κ1) is 16.5. The van der Waals surface area contributed by atoms with E-state index in [0.29, 0.717) is 12.3 Å². The van der Waals surface area contributed by atoms with Gasteiger partial charge in [0.15, 0.2) is 5.78 Å². The third kappa shape index (κ3) is 4.87. The first-order chi connectivity index (χ1) is 10.7. The van der Waals surface area contributed by atoms with Gasteiger partial charge in [0.05, 0.1) is 7.11 Å². The number of benzene rings is 1. The van der Waals surface area contributed by atoms with Crippen LogP contribution < -0.4 is 4.74 Å². The molecule has 0 spiro atoms. The molecule has 0 aliphatic heterocycles. The van der Waals surface area contributed by atoms with Gasteiger partial charge in [0, 0.05) is 6.42 Å². The van der Waals surface area contributed by atoms with Gasteiger partial charge in [-0.3, -0.25) is 4.79 Å². The first-order valence-electron chi connectivity index (χ1n) is 8.26. The van der Waals surface area contributed by atoms with Gasteiger partial charge in [-0.2, -0.15) is 0 Å². The van der Waals surface area contributed by atoms with Crippen LogP contribution in [0.1, 0.15) is 56.9 Å². The Morgan fingerprint density at radius 1 is 1.18 bits per heavy atom. The molecular formula is C20H26O2. The highest BCUT2D eigenvalue weighted by Crippen LogP contribution is 2.32. The fourth-order valence-corrected chi connectivity index (χ4v) is 2.90. The van der Waals surface area contributed by atoms with E-state index in [1.165, 1.54) is 24.8 Å². The van der Waals surface area contributed by atoms with Gasteiger partial charge in [-0.05, 0) is 54.5 Å². The van der Waals surface area contributed by atoms with Crippen molar-refractivity contribution in [3.63, 3.8) is 0 Å². The molecule has 2 nitrogen and oxygen atoms in total. The average Bonchev–Trinajstić information content (AvgIpc) is 2.54. The lowest BCUT2D eigenvalue weighted by Crippen LogP contribution is -2.12. The Hall–Kier alpha value is -1.83. The molecule has 0 heterocycles. The predicted octanol–water partition coefficient (Wildman–Crippen LogP) is 5.20. The summed E-state index contributed by atoms with van der Waals surface area (Å²) in [6, 6.07) is 8.09. The topological polar surface area (TPSA) is 26.3 Å². The quantitative estimate of drug-likeness (QED) is 0.646. The van der Waals surface area contributed by atoms with Crippen molar-refractivity contribution in [2.75, 3.05) is 7.11 Å². The van der Waals surface area contributed by atoms with Crippen LogP contribution in [-0.2, 0) is 4.79 Å². The van der Waals surface area contributed by atoms with Gasteiger partial charge >= 0.3 is 0 Å². The number of unbranched alkanes of at least 4 members (excludes halogenated alkanes) is 3. The number of methoxy groups -OCH3 is 1. The highest BCUT2D eigenvalue weighted by atomic mass is 16.5. The summed E-state index contributed by atoms with van der Waals surface area (Å²) in [4.78, 5) is 12.0. The van der Waals surface area contributed by atoms with Gasteiger partial charge in [-0.15, -0.1) is 0 Å². The second kappa shape index (κ2) is 8.57. The molecular weight excluding hydrogens is 272 g/mol. The number of allylic oxidation sites excluding steroid dienone is 4. The minimum Gasteiger partial charge on any atom is -0.497 e. The summed E-state index contributed by atoms with van der Waals surface area (Å²) in [5.74, 6) is 1.39. The zero-order valence-corrected chi connectivity index (χ0v) is 13.7. The van der Waals surface area contributed by atoms with E-state index in [4.69, 9.17) is 4.74 Å². The van der Waals surface area contributed by atoms with Crippen LogP contribution in [0.5, 0.6) is 5.75 Å². The summed E-state index contributed by atoms with van der Waals surface area (Å²) < 4.78 is 5.19. The summed E-state index contributed by atoms with van der Waals surface area (Å²) in [6.07, 6.45) is 12.6. The van der Waals surface area contributed by atoms with E-state index < -0.39 is 0 Å². The molecule has 22 heavy (non-hydrogen) atoms. The zero-order valence-electron chi connectivity index (χ0n) is 13.7. The number of hydrogen-bond acceptors (Lipinski definition) is 2. The van der Waals surface area contributed by atoms with E-state index in [9.17, 15) is 4.79 Å². The lowest BCUT2D eigenvalue weighted by Gasteiger charge is -2.21. The Balaban J connectivity index is 1.98. The fraction of sp³-hybridized carbons (Fsp3) is 0.450. The molecule has 0 fully saturated rings. The molecule has 1 atom stereocenters. The maximum Gasteiger partial charge on any atom is 0.156 e. The van der Waals surface area contributed by atoms with E-state index in [1.807, 2.05) is 18.2 Å². The van der Waals surface area contributed by atoms with E-state index >= 15 is 0 Å². The van der Waals surface area contributed by atoms with E-state index in [-0.39, 0.29) is 5.78 Å². The van der Waals surface area contributed by atoms with Crippen molar-refractivity contribution in [3.8, 4) is 5.75 Å². The second-order valence-electron chi connectivity index (χ2n) is 5.96. The summed E-state index contributed by atoms with van der Waals surface area (Å²) in [5.41, 5.74) is 2.38. The normalized spacial score (nSPS) is 18.5. The number of hydrogen-bond donors (Lipinski definition) is 0. The van der Waals surface area contributed by atoms with Gasteiger partial charge in [0.1, 0.15) is 5.75 Å². The van der Waals surface area contributed by atoms with Gasteiger partial charge in [0.25, 0.3) is 0 Å². The molecule has 1 aliphatic rings. The number of rotatable bonds is 7. The van der Waals surface area contributed by atoms with Crippen molar-refractivity contribution < 1.29 is 9.53 Å². The molecule has 1 aromatic rings. The van der Waals surface area contributed by atoms with Crippen LogP contribution in [0.2, 0.25) is 0 Å². The van der Waals surface area contributed by atoms with Gasteiger partial charge in [0.2, 0.25) is 0 Å². The number of ether oxygens (including phenoxy) is 1. The highest BCUT2D eigenvalue weighted by molar-refractivity contribution is 5.92. The van der Waals surface area contributed by atoms with Gasteiger partial charge < -0.3 is 4.74 Å². The van der Waals surface area contributed by atoms with Crippen LogP contribution in [0.3, 0.4) is 0 Å². The number of carbonyl (C=O) groups excluding carboxylic acids is 1. The summed E-state index contributed by atoms with van der Waals surface area (Å²) >= 11 is 0. The van der Waals surface area contributed by atoms with Crippen molar-refractivity contribution in [1.82, 2.24) is 0 Å². The van der Waals surface area contributed by atoms with E-state index in [1.54, 1.807) is 7.11 Å². The Labute approximate surface area is 133 Å². The Bertz CT molecular complexity index is 537. The summed E-state index contributed by atoms with van der Waals surface area (Å²) in [6.45, 7) is 2.21. The molecule has 0 N–H and O–H groups in total. The predicted molar refractivity (Wildman–Crippen MR) is 91.3 cm³/mol. The molecule has 0 bridgehead atoms. The monoisotopic (exact) mass is 298 g/mol. The third-order valence-corrected chi connectivity index (χ3v) is 4.17. The second-order valence-corrected chi connectivity index (χ2v) is 5.96. The molecule has 0 saturated carbocycles. The lowest BCUT2D eigenvalue weighted by atomic mass is 9.83. The number of ketones is 1. The molecule has 0 amide bonds. The van der Waals surface area contributed by atoms with E-state index in [2.05, 4.69) is 31.2 Å². The van der Waals surface area contributed by atoms with Gasteiger partial charge in [-0.25, -0.2) is 0 Å². The van der Waals surface area contributed by atoms with Crippen LogP contribution in [0.15, 0.2) is 48.1 Å². The van der Waals surface area contributed by atoms with E-state index in [0.717, 1.165) is 24.2 Å². The average molecular weight is 298 g/mol. The number of carbonyl (C=O) groups is 1. The SMILES string of the molecule is CCCCC/C=C/C1=CC(=O)C[C@H](c2ccc(OC)cc2)C1. The maximum atomic E-state index is 12.0. The van der Waals surface area contributed by atoms with Crippen molar-refractivity contribution >= 4 is 5.78 Å². The Kier molecular flexibility index (Phi) is 6.45. The fourth-order valence-electron chi connectivity index (χ4n) is 2.90. The molecule has 1 aliphatic carbocycles. The Morgan fingerprint density at radius 2 is 1.95 bits per heavy atom. The maximum absolute atomic E-state index is 12.0. The molecule has 0 unspecified atom stereocenters. The summed E-state index contributed by atoms with van der Waals surface area (Å²) in [5, 5.41) is 0. The van der Waals surface area contributed by atoms with Gasteiger partial charge in [-0.1, -0.05) is 44.1 Å². The minimum atomic E-state index is 0.236. The van der Waals surface area contributed by atoms with Crippen LogP contribution in [0, 0.1) is 0 Å². The molecule has 0 saturated heterocycles. The van der Waals surface area contributed by atoms with Crippen LogP contribution in [0.4, 0.5) is 0 Å². The van der Waals surface area contributed by atoms with Crippen LogP contribution >= 0.6 is 0 Å². The third-order valence-electron chi connectivity index (χ3n) is 4.17. The van der Waals surface area contributed by atoms with Crippen LogP contribution in [0.25, 0.3) is 0 Å².